The van der Waals surface area contributed by atoms with Crippen LogP contribution < -0.4 is 9.47 Å². The molecule has 3 rings (SSSR count). The van der Waals surface area contributed by atoms with Gasteiger partial charge in [0.2, 0.25) is 0 Å². The van der Waals surface area contributed by atoms with Crippen LogP contribution in [-0.4, -0.2) is 42.1 Å². The van der Waals surface area contributed by atoms with Crippen molar-refractivity contribution >= 4 is 11.9 Å². The maximum atomic E-state index is 13.0. The lowest BCUT2D eigenvalue weighted by Crippen LogP contribution is -2.43. The molecule has 1 atom stereocenters. The molecule has 0 saturated carbocycles. The number of ether oxygens (including phenoxy) is 2. The summed E-state index contributed by atoms with van der Waals surface area (Å²) in [4.78, 5) is 26.3. The van der Waals surface area contributed by atoms with Crippen LogP contribution >= 0.6 is 0 Å². The van der Waals surface area contributed by atoms with Gasteiger partial charge in [0.15, 0.2) is 17.5 Å². The zero-order chi connectivity index (χ0) is 18.7. The van der Waals surface area contributed by atoms with Crippen molar-refractivity contribution in [3.8, 4) is 11.5 Å². The van der Waals surface area contributed by atoms with Crippen LogP contribution in [0.4, 0.5) is 0 Å². The topological polar surface area (TPSA) is 76.1 Å². The van der Waals surface area contributed by atoms with Gasteiger partial charge in [-0.25, -0.2) is 4.79 Å². The van der Waals surface area contributed by atoms with Crippen LogP contribution in [0.2, 0.25) is 0 Å². The molecule has 6 nitrogen and oxygen atoms in total. The Balaban J connectivity index is 1.95. The molecule has 1 aliphatic heterocycles. The largest absolute Gasteiger partial charge is 0.493 e. The maximum Gasteiger partial charge on any atom is 0.331 e. The lowest BCUT2D eigenvalue weighted by molar-refractivity contribution is -0.143. The molecular weight excluding hydrogens is 334 g/mol. The number of amides is 1. The third-order valence-electron chi connectivity index (χ3n) is 4.49. The molecule has 0 radical (unpaired) electrons. The average molecular weight is 355 g/mol. The number of carbonyl (C=O) groups is 2. The first-order chi connectivity index (χ1) is 12.6. The van der Waals surface area contributed by atoms with Gasteiger partial charge in [-0.05, 0) is 42.7 Å². The van der Waals surface area contributed by atoms with E-state index in [1.54, 1.807) is 30.3 Å². The minimum absolute atomic E-state index is 0.340. The van der Waals surface area contributed by atoms with Gasteiger partial charge in [-0.1, -0.05) is 24.3 Å². The van der Waals surface area contributed by atoms with Gasteiger partial charge < -0.3 is 19.5 Å². The Morgan fingerprint density at radius 1 is 1.19 bits per heavy atom. The van der Waals surface area contributed by atoms with E-state index in [0.717, 1.165) is 5.56 Å². The fourth-order valence-electron chi connectivity index (χ4n) is 3.29. The first kappa shape index (κ1) is 17.8. The number of hydrogen-bond donors (Lipinski definition) is 1. The van der Waals surface area contributed by atoms with Gasteiger partial charge in [-0.2, -0.15) is 0 Å². The van der Waals surface area contributed by atoms with E-state index < -0.39 is 12.0 Å². The number of fused-ring (bicyclic) bond motifs is 1. The molecule has 6 heteroatoms. The highest BCUT2D eigenvalue weighted by Crippen LogP contribution is 2.33. The summed E-state index contributed by atoms with van der Waals surface area (Å²) >= 11 is 0. The Hall–Kier alpha value is -3.02. The summed E-state index contributed by atoms with van der Waals surface area (Å²) in [5.74, 6) is -0.385. The van der Waals surface area contributed by atoms with Crippen molar-refractivity contribution < 1.29 is 24.2 Å². The Bertz CT molecular complexity index is 833. The SMILES string of the molecule is CCOc1ccc(C(=O)N2CCc3ccccc3C2C(=O)O)cc1OC. The van der Waals surface area contributed by atoms with Crippen molar-refractivity contribution in [1.82, 2.24) is 4.90 Å². The van der Waals surface area contributed by atoms with E-state index in [-0.39, 0.29) is 5.91 Å². The lowest BCUT2D eigenvalue weighted by atomic mass is 9.92. The Morgan fingerprint density at radius 3 is 2.65 bits per heavy atom. The summed E-state index contributed by atoms with van der Waals surface area (Å²) in [6, 6.07) is 11.3. The monoisotopic (exact) mass is 355 g/mol. The molecule has 2 aromatic rings. The number of benzene rings is 2. The van der Waals surface area contributed by atoms with E-state index >= 15 is 0 Å². The van der Waals surface area contributed by atoms with Gasteiger partial charge in [0.1, 0.15) is 0 Å². The second-order valence-corrected chi connectivity index (χ2v) is 5.99. The average Bonchev–Trinajstić information content (AvgIpc) is 2.66. The second kappa shape index (κ2) is 7.47. The molecule has 0 fully saturated rings. The van der Waals surface area contributed by atoms with Gasteiger partial charge in [-0.15, -0.1) is 0 Å². The van der Waals surface area contributed by atoms with Crippen molar-refractivity contribution in [1.29, 1.82) is 0 Å². The minimum Gasteiger partial charge on any atom is -0.493 e. The number of rotatable bonds is 5. The number of hydrogen-bond acceptors (Lipinski definition) is 4. The van der Waals surface area contributed by atoms with Crippen LogP contribution in [0.25, 0.3) is 0 Å². The number of aliphatic carboxylic acids is 1. The van der Waals surface area contributed by atoms with Crippen LogP contribution in [0.5, 0.6) is 11.5 Å². The Kier molecular flexibility index (Phi) is 5.11. The third kappa shape index (κ3) is 3.22. The number of carboxylic acids is 1. The highest BCUT2D eigenvalue weighted by atomic mass is 16.5. The van der Waals surface area contributed by atoms with Crippen molar-refractivity contribution in [2.24, 2.45) is 0 Å². The Labute approximate surface area is 152 Å². The molecule has 0 aliphatic carbocycles. The van der Waals surface area contributed by atoms with E-state index in [0.29, 0.717) is 42.2 Å². The third-order valence-corrected chi connectivity index (χ3v) is 4.49. The molecule has 1 unspecified atom stereocenters. The number of nitrogens with zero attached hydrogens (tertiary/aromatic N) is 1. The summed E-state index contributed by atoms with van der Waals surface area (Å²) < 4.78 is 10.8. The first-order valence-corrected chi connectivity index (χ1v) is 8.49. The number of carboxylic acid groups (broad SMARTS) is 1. The quantitative estimate of drug-likeness (QED) is 0.892. The number of methoxy groups -OCH3 is 1. The fraction of sp³-hybridized carbons (Fsp3) is 0.300. The summed E-state index contributed by atoms with van der Waals surface area (Å²) in [7, 11) is 1.50. The van der Waals surface area contributed by atoms with Gasteiger partial charge in [0.25, 0.3) is 5.91 Å². The van der Waals surface area contributed by atoms with E-state index in [9.17, 15) is 14.7 Å². The first-order valence-electron chi connectivity index (χ1n) is 8.49. The highest BCUT2D eigenvalue weighted by Gasteiger charge is 2.36. The predicted octanol–water partition coefficient (Wildman–Crippen LogP) is 2.92. The summed E-state index contributed by atoms with van der Waals surface area (Å²) in [6.45, 7) is 2.69. The van der Waals surface area contributed by atoms with E-state index in [1.165, 1.54) is 12.0 Å². The smallest absolute Gasteiger partial charge is 0.331 e. The molecule has 1 N–H and O–H groups in total. The van der Waals surface area contributed by atoms with Crippen molar-refractivity contribution in [3.05, 3.63) is 59.2 Å². The van der Waals surface area contributed by atoms with Crippen molar-refractivity contribution in [2.75, 3.05) is 20.3 Å². The van der Waals surface area contributed by atoms with Crippen LogP contribution in [0.15, 0.2) is 42.5 Å². The standard InChI is InChI=1S/C20H21NO5/c1-3-26-16-9-8-14(12-17(16)25-2)19(22)21-11-10-13-6-4-5-7-15(13)18(21)20(23)24/h4-9,12,18H,3,10-11H2,1-2H3,(H,23,24). The molecule has 2 aromatic carbocycles. The molecule has 0 bridgehead atoms. The summed E-state index contributed by atoms with van der Waals surface area (Å²) in [5, 5.41) is 9.73. The van der Waals surface area contributed by atoms with E-state index in [4.69, 9.17) is 9.47 Å². The summed E-state index contributed by atoms with van der Waals surface area (Å²) in [6.07, 6.45) is 0.625. The molecular formula is C20H21NO5. The van der Waals surface area contributed by atoms with Gasteiger partial charge in [0.05, 0.1) is 13.7 Å². The molecule has 1 heterocycles. The molecule has 1 aliphatic rings. The van der Waals surface area contributed by atoms with Gasteiger partial charge in [-0.3, -0.25) is 4.79 Å². The molecule has 0 spiro atoms. The minimum atomic E-state index is -1.04. The molecule has 0 saturated heterocycles. The maximum absolute atomic E-state index is 13.0. The zero-order valence-electron chi connectivity index (χ0n) is 14.8. The number of carbonyl (C=O) groups excluding carboxylic acids is 1. The molecule has 26 heavy (non-hydrogen) atoms. The molecule has 136 valence electrons. The molecule has 1 amide bonds. The van der Waals surface area contributed by atoms with Crippen LogP contribution in [-0.2, 0) is 11.2 Å². The summed E-state index contributed by atoms with van der Waals surface area (Å²) in [5.41, 5.74) is 2.00. The van der Waals surface area contributed by atoms with Crippen LogP contribution in [0, 0.1) is 0 Å². The zero-order valence-corrected chi connectivity index (χ0v) is 14.8. The van der Waals surface area contributed by atoms with Crippen molar-refractivity contribution in [2.45, 2.75) is 19.4 Å². The fourth-order valence-corrected chi connectivity index (χ4v) is 3.29. The Morgan fingerprint density at radius 2 is 1.96 bits per heavy atom. The van der Waals surface area contributed by atoms with Crippen LogP contribution in [0.3, 0.4) is 0 Å². The van der Waals surface area contributed by atoms with Gasteiger partial charge in [0, 0.05) is 12.1 Å². The molecule has 0 aromatic heterocycles. The van der Waals surface area contributed by atoms with Crippen molar-refractivity contribution in [3.63, 3.8) is 0 Å². The van der Waals surface area contributed by atoms with Gasteiger partial charge >= 0.3 is 5.97 Å². The van der Waals surface area contributed by atoms with E-state index in [1.807, 2.05) is 19.1 Å². The highest BCUT2D eigenvalue weighted by molar-refractivity contribution is 5.97. The normalized spacial score (nSPS) is 15.9. The lowest BCUT2D eigenvalue weighted by Gasteiger charge is -2.34. The second-order valence-electron chi connectivity index (χ2n) is 5.99. The van der Waals surface area contributed by atoms with E-state index in [2.05, 4.69) is 0 Å². The predicted molar refractivity (Wildman–Crippen MR) is 95.7 cm³/mol. The van der Waals surface area contributed by atoms with Crippen LogP contribution in [0.1, 0.15) is 34.5 Å².